The van der Waals surface area contributed by atoms with Crippen molar-refractivity contribution in [3.8, 4) is 12.3 Å². The van der Waals surface area contributed by atoms with E-state index in [-0.39, 0.29) is 16.5 Å². The van der Waals surface area contributed by atoms with Gasteiger partial charge in [0.25, 0.3) is 0 Å². The topological polar surface area (TPSA) is 0 Å². The van der Waals surface area contributed by atoms with Gasteiger partial charge in [0.15, 0.2) is 0 Å². The Bertz CT molecular complexity index is 414. The highest BCUT2D eigenvalue weighted by molar-refractivity contribution is 14.1. The second-order valence-corrected chi connectivity index (χ2v) is 6.82. The van der Waals surface area contributed by atoms with E-state index in [0.29, 0.717) is 12.1 Å². The summed E-state index contributed by atoms with van der Waals surface area (Å²) in [5, 5.41) is 0. The van der Waals surface area contributed by atoms with E-state index in [1.54, 1.807) is 0 Å². The van der Waals surface area contributed by atoms with Crippen molar-refractivity contribution in [3.05, 3.63) is 35.9 Å². The Labute approximate surface area is 144 Å². The molecule has 0 saturated carbocycles. The third kappa shape index (κ3) is 4.38. The lowest BCUT2D eigenvalue weighted by atomic mass is 10.1. The van der Waals surface area contributed by atoms with E-state index in [1.165, 1.54) is 5.56 Å². The van der Waals surface area contributed by atoms with E-state index in [4.69, 9.17) is 6.42 Å². The molecule has 0 aliphatic heterocycles. The van der Waals surface area contributed by atoms with Gasteiger partial charge in [-0.2, -0.15) is 0 Å². The van der Waals surface area contributed by atoms with Crippen LogP contribution in [0, 0.1) is 12.3 Å². The van der Waals surface area contributed by atoms with E-state index in [0.717, 1.165) is 17.4 Å². The third-order valence-corrected chi connectivity index (χ3v) is 5.51. The molecular formula is C17H25ClIN. The smallest absolute Gasteiger partial charge is 0.201 e. The number of hydrogen-bond acceptors (Lipinski definition) is 0. The number of rotatable bonds is 6. The van der Waals surface area contributed by atoms with Crippen molar-refractivity contribution in [2.75, 3.05) is 6.54 Å². The minimum atomic E-state index is 0. The normalized spacial score (nSPS) is 12.9. The maximum Gasteiger partial charge on any atom is 0.201 e. The van der Waals surface area contributed by atoms with Gasteiger partial charge in [0, 0.05) is 29.0 Å². The molecule has 0 spiro atoms. The van der Waals surface area contributed by atoms with E-state index < -0.39 is 0 Å². The Balaban J connectivity index is 0.00000361. The maximum atomic E-state index is 5.73. The first-order valence-electron chi connectivity index (χ1n) is 6.96. The molecule has 0 aliphatic rings. The highest BCUT2D eigenvalue weighted by atomic mass is 127. The van der Waals surface area contributed by atoms with Crippen molar-refractivity contribution in [2.24, 2.45) is 0 Å². The number of terminal acetylenes is 1. The van der Waals surface area contributed by atoms with E-state index in [1.807, 2.05) is 0 Å². The van der Waals surface area contributed by atoms with Gasteiger partial charge in [-0.1, -0.05) is 30.3 Å². The summed E-state index contributed by atoms with van der Waals surface area (Å²) in [6, 6.07) is 11.7. The van der Waals surface area contributed by atoms with Crippen molar-refractivity contribution in [1.29, 1.82) is 0 Å². The molecule has 0 fully saturated rings. The summed E-state index contributed by atoms with van der Waals surface area (Å²) in [5.74, 6) is 2.96. The molecule has 112 valence electrons. The van der Waals surface area contributed by atoms with Crippen LogP contribution in [0.25, 0.3) is 0 Å². The second-order valence-electron chi connectivity index (χ2n) is 5.64. The fraction of sp³-hybridized carbons (Fsp3) is 0.529. The van der Waals surface area contributed by atoms with Crippen LogP contribution in [-0.4, -0.2) is 27.2 Å². The molecule has 0 aliphatic carbocycles. The Kier molecular flexibility index (Phi) is 8.81. The Morgan fingerprint density at radius 3 is 2.00 bits per heavy atom. The molecule has 0 amide bonds. The zero-order valence-electron chi connectivity index (χ0n) is 12.8. The molecule has 1 rings (SSSR count). The van der Waals surface area contributed by atoms with Crippen molar-refractivity contribution < 1.29 is 16.9 Å². The zero-order chi connectivity index (χ0) is 14.5. The van der Waals surface area contributed by atoms with Crippen LogP contribution in [0.3, 0.4) is 0 Å². The average molecular weight is 406 g/mol. The van der Waals surface area contributed by atoms with E-state index in [2.05, 4.69) is 86.5 Å². The van der Waals surface area contributed by atoms with Crippen molar-refractivity contribution in [1.82, 2.24) is 0 Å². The van der Waals surface area contributed by atoms with Gasteiger partial charge < -0.3 is 12.4 Å². The van der Waals surface area contributed by atoms with Crippen LogP contribution in [0.1, 0.15) is 33.3 Å². The Hall–Kier alpha value is -0.240. The molecule has 0 N–H and O–H groups in total. The van der Waals surface area contributed by atoms with Gasteiger partial charge in [-0.05, 0) is 39.2 Å². The van der Waals surface area contributed by atoms with Gasteiger partial charge in [-0.25, -0.2) is 0 Å². The summed E-state index contributed by atoms with van der Waals surface area (Å²) in [4.78, 5) is 0. The molecule has 0 radical (unpaired) electrons. The maximum absolute atomic E-state index is 5.73. The van der Waals surface area contributed by atoms with Crippen molar-refractivity contribution in [3.63, 3.8) is 0 Å². The van der Waals surface area contributed by atoms with Crippen molar-refractivity contribution >= 4 is 22.6 Å². The first-order chi connectivity index (χ1) is 8.95. The molecule has 1 atom stereocenters. The average Bonchev–Trinajstić information content (AvgIpc) is 2.39. The monoisotopic (exact) mass is 405 g/mol. The number of hydrogen-bond donors (Lipinski definition) is 0. The standard InChI is InChI=1S/C17H25IN.ClH/c1-6-17(18)19(14(2)3,15(4)5)13-12-16-10-8-7-9-11-16;/h1,7-11,14-15,17H,12-13H2,2-5H3;1H/q+1;/p-1. The predicted octanol–water partition coefficient (Wildman–Crippen LogP) is 1.26. The minimum absolute atomic E-state index is 0. The van der Waals surface area contributed by atoms with E-state index in [9.17, 15) is 0 Å². The summed E-state index contributed by atoms with van der Waals surface area (Å²) in [7, 11) is 0. The van der Waals surface area contributed by atoms with E-state index >= 15 is 0 Å². The fourth-order valence-corrected chi connectivity index (χ4v) is 4.42. The summed E-state index contributed by atoms with van der Waals surface area (Å²) < 4.78 is 1.20. The molecule has 1 unspecified atom stereocenters. The molecule has 1 aromatic rings. The lowest BCUT2D eigenvalue weighted by molar-refractivity contribution is -0.965. The Morgan fingerprint density at radius 2 is 1.60 bits per heavy atom. The lowest BCUT2D eigenvalue weighted by Gasteiger charge is -2.47. The van der Waals surface area contributed by atoms with Crippen LogP contribution in [0.2, 0.25) is 0 Å². The fourth-order valence-electron chi connectivity index (χ4n) is 2.86. The molecule has 0 aromatic heterocycles. The van der Waals surface area contributed by atoms with Gasteiger partial charge in [-0.3, -0.25) is 4.48 Å². The number of halogens is 2. The van der Waals surface area contributed by atoms with Gasteiger partial charge in [0.2, 0.25) is 4.05 Å². The van der Waals surface area contributed by atoms with Crippen LogP contribution in [0.15, 0.2) is 30.3 Å². The summed E-state index contributed by atoms with van der Waals surface area (Å²) in [6.45, 7) is 10.2. The van der Waals surface area contributed by atoms with Crippen LogP contribution < -0.4 is 12.4 Å². The molecule has 3 heteroatoms. The molecule has 20 heavy (non-hydrogen) atoms. The quantitative estimate of drug-likeness (QED) is 0.220. The van der Waals surface area contributed by atoms with Crippen LogP contribution in [0.4, 0.5) is 0 Å². The van der Waals surface area contributed by atoms with Gasteiger partial charge in [0.05, 0.1) is 18.6 Å². The molecule has 0 bridgehead atoms. The SMILES string of the molecule is C#CC(I)[N+](CCc1ccccc1)(C(C)C)C(C)C.[Cl-]. The van der Waals surface area contributed by atoms with Gasteiger partial charge in [0.1, 0.15) is 0 Å². The van der Waals surface area contributed by atoms with Crippen LogP contribution in [-0.2, 0) is 6.42 Å². The largest absolute Gasteiger partial charge is 1.00 e. The van der Waals surface area contributed by atoms with Crippen LogP contribution in [0.5, 0.6) is 0 Å². The molecular weight excluding hydrogens is 381 g/mol. The summed E-state index contributed by atoms with van der Waals surface area (Å²) in [5.41, 5.74) is 1.40. The molecule has 0 heterocycles. The van der Waals surface area contributed by atoms with Gasteiger partial charge >= 0.3 is 0 Å². The Morgan fingerprint density at radius 1 is 1.10 bits per heavy atom. The number of nitrogens with zero attached hydrogens (tertiary/aromatic N) is 1. The first kappa shape index (κ1) is 19.8. The van der Waals surface area contributed by atoms with Crippen molar-refractivity contribution in [2.45, 2.75) is 50.2 Å². The van der Waals surface area contributed by atoms with Crippen LogP contribution >= 0.6 is 22.6 Å². The number of benzene rings is 1. The number of alkyl halides is 1. The highest BCUT2D eigenvalue weighted by Gasteiger charge is 2.39. The second kappa shape index (κ2) is 8.92. The first-order valence-corrected chi connectivity index (χ1v) is 8.21. The molecule has 0 saturated heterocycles. The highest BCUT2D eigenvalue weighted by Crippen LogP contribution is 2.28. The van der Waals surface area contributed by atoms with Gasteiger partial charge in [-0.15, -0.1) is 6.42 Å². The lowest BCUT2D eigenvalue weighted by Crippen LogP contribution is -3.00. The zero-order valence-corrected chi connectivity index (χ0v) is 15.7. The molecule has 1 nitrogen and oxygen atoms in total. The number of quaternary nitrogens is 1. The summed E-state index contributed by atoms with van der Waals surface area (Å²) >= 11 is 2.43. The summed E-state index contributed by atoms with van der Waals surface area (Å²) in [6.07, 6.45) is 6.81. The third-order valence-electron chi connectivity index (χ3n) is 4.11. The minimum Gasteiger partial charge on any atom is -1.00 e. The molecule has 1 aromatic carbocycles. The predicted molar refractivity (Wildman–Crippen MR) is 92.2 cm³/mol.